The minimum atomic E-state index is -0.124. The van der Waals surface area contributed by atoms with Crippen molar-refractivity contribution in [1.29, 1.82) is 0 Å². The molecule has 2 N–H and O–H groups in total. The quantitative estimate of drug-likeness (QED) is 0.377. The van der Waals surface area contributed by atoms with Crippen LogP contribution in [0, 0.1) is 34.5 Å². The highest BCUT2D eigenvalue weighted by molar-refractivity contribution is 5.12. The third-order valence-corrected chi connectivity index (χ3v) is 13.9. The lowest BCUT2D eigenvalue weighted by molar-refractivity contribution is -0.943. The van der Waals surface area contributed by atoms with Crippen molar-refractivity contribution < 1.29 is 53.1 Å². The summed E-state index contributed by atoms with van der Waals surface area (Å²) >= 11 is 0. The molecule has 0 radical (unpaired) electrons. The first kappa shape index (κ1) is 30.8. The zero-order valence-electron chi connectivity index (χ0n) is 24.2. The largest absolute Gasteiger partial charge is 1.00 e. The van der Waals surface area contributed by atoms with Crippen molar-refractivity contribution >= 4 is 0 Å². The molecule has 0 aromatic carbocycles. The molecule has 6 heteroatoms. The number of likely N-dealkylation sites (N-methyl/N-ethyl adjacent to an activating group) is 2. The highest BCUT2D eigenvalue weighted by atomic mass is 79.9. The minimum absolute atomic E-state index is 0. The van der Waals surface area contributed by atoms with E-state index >= 15 is 0 Å². The van der Waals surface area contributed by atoms with Crippen LogP contribution in [0.25, 0.3) is 0 Å². The molecule has 0 unspecified atom stereocenters. The van der Waals surface area contributed by atoms with E-state index in [1.807, 2.05) is 0 Å². The van der Waals surface area contributed by atoms with E-state index in [-0.39, 0.29) is 51.6 Å². The molecular formula is C31H56Br2N2O2. The highest BCUT2D eigenvalue weighted by Crippen LogP contribution is 2.67. The van der Waals surface area contributed by atoms with Crippen molar-refractivity contribution in [2.45, 2.75) is 122 Å². The number of aliphatic hydroxyl groups is 2. The van der Waals surface area contributed by atoms with Crippen molar-refractivity contribution in [2.24, 2.45) is 34.5 Å². The SMILES string of the molecule is C[C@]12C[C@H]([N+]3(C)CCCCC3)[C@@H](O)C[C@@H]1CC[C@@H]1[C@@H]2CC[C@]2(C)[C@@H](O)[C@@H]([N+]3(C)CCCCC3)C[C@@H]12.[Br-].[Br-]. The van der Waals surface area contributed by atoms with Gasteiger partial charge in [0.2, 0.25) is 0 Å². The molecule has 0 aromatic rings. The molecular weight excluding hydrogens is 592 g/mol. The second-order valence-corrected chi connectivity index (χ2v) is 15.5. The Labute approximate surface area is 248 Å². The van der Waals surface area contributed by atoms with Gasteiger partial charge in [-0.1, -0.05) is 13.8 Å². The number of halogens is 2. The Morgan fingerprint density at radius 2 is 1.22 bits per heavy atom. The van der Waals surface area contributed by atoms with E-state index in [1.165, 1.54) is 103 Å². The summed E-state index contributed by atoms with van der Waals surface area (Å²) in [4.78, 5) is 0. The molecule has 2 saturated heterocycles. The summed E-state index contributed by atoms with van der Waals surface area (Å²) in [7, 11) is 4.94. The minimum Gasteiger partial charge on any atom is -1.00 e. The summed E-state index contributed by atoms with van der Waals surface area (Å²) in [6.07, 6.45) is 16.6. The first-order chi connectivity index (χ1) is 16.6. The van der Waals surface area contributed by atoms with Crippen LogP contribution in [-0.2, 0) is 0 Å². The summed E-state index contributed by atoms with van der Waals surface area (Å²) in [6, 6.07) is 0.886. The van der Waals surface area contributed by atoms with Crippen LogP contribution in [0.4, 0.5) is 0 Å². The summed E-state index contributed by atoms with van der Waals surface area (Å²) in [5, 5.41) is 23.3. The number of hydrogen-bond acceptors (Lipinski definition) is 2. The maximum absolute atomic E-state index is 11.9. The molecule has 6 fully saturated rings. The number of aliphatic hydroxyl groups excluding tert-OH is 2. The van der Waals surface area contributed by atoms with Gasteiger partial charge < -0.3 is 53.1 Å². The number of hydrogen-bond donors (Lipinski definition) is 2. The summed E-state index contributed by atoms with van der Waals surface area (Å²) in [5.74, 6) is 2.97. The Hall–Kier alpha value is 0.800. The zero-order chi connectivity index (χ0) is 24.6. The normalized spacial score (nSPS) is 50.4. The van der Waals surface area contributed by atoms with E-state index in [2.05, 4.69) is 27.9 Å². The van der Waals surface area contributed by atoms with Crippen LogP contribution < -0.4 is 34.0 Å². The predicted molar refractivity (Wildman–Crippen MR) is 142 cm³/mol. The Morgan fingerprint density at radius 3 is 1.81 bits per heavy atom. The fourth-order valence-electron chi connectivity index (χ4n) is 11.6. The van der Waals surface area contributed by atoms with Crippen LogP contribution in [0.5, 0.6) is 0 Å². The number of quaternary nitrogens is 2. The molecule has 4 saturated carbocycles. The second kappa shape index (κ2) is 10.9. The maximum atomic E-state index is 11.9. The van der Waals surface area contributed by atoms with Gasteiger partial charge in [-0.25, -0.2) is 0 Å². The fraction of sp³-hybridized carbons (Fsp3) is 1.00. The smallest absolute Gasteiger partial charge is 0.116 e. The van der Waals surface area contributed by atoms with Crippen LogP contribution in [0.15, 0.2) is 0 Å². The van der Waals surface area contributed by atoms with Gasteiger partial charge in [0.05, 0.1) is 40.3 Å². The van der Waals surface area contributed by atoms with Gasteiger partial charge in [0.1, 0.15) is 24.3 Å². The first-order valence-corrected chi connectivity index (χ1v) is 15.7. The Kier molecular flexibility index (Phi) is 9.05. The van der Waals surface area contributed by atoms with Crippen molar-refractivity contribution in [1.82, 2.24) is 0 Å². The third-order valence-electron chi connectivity index (χ3n) is 13.9. The van der Waals surface area contributed by atoms with Crippen molar-refractivity contribution in [2.75, 3.05) is 40.3 Å². The van der Waals surface area contributed by atoms with E-state index in [0.717, 1.165) is 27.2 Å². The molecule has 4 nitrogen and oxygen atoms in total. The maximum Gasteiger partial charge on any atom is 0.116 e. The number of fused-ring (bicyclic) bond motifs is 5. The van der Waals surface area contributed by atoms with Gasteiger partial charge in [0, 0.05) is 18.3 Å². The van der Waals surface area contributed by atoms with Gasteiger partial charge in [0.15, 0.2) is 0 Å². The Balaban J connectivity index is 0.00000160. The van der Waals surface area contributed by atoms with Crippen LogP contribution in [0.1, 0.15) is 97.3 Å². The van der Waals surface area contributed by atoms with E-state index < -0.39 is 0 Å². The van der Waals surface area contributed by atoms with E-state index in [4.69, 9.17) is 0 Å². The van der Waals surface area contributed by atoms with Crippen LogP contribution in [-0.4, -0.2) is 83.7 Å². The summed E-state index contributed by atoms with van der Waals surface area (Å²) in [5.41, 5.74) is 0.492. The van der Waals surface area contributed by atoms with Gasteiger partial charge in [-0.3, -0.25) is 0 Å². The summed E-state index contributed by atoms with van der Waals surface area (Å²) in [6.45, 7) is 10.2. The van der Waals surface area contributed by atoms with Gasteiger partial charge in [0.25, 0.3) is 0 Å². The van der Waals surface area contributed by atoms with E-state index in [1.54, 1.807) is 0 Å². The molecule has 2 aliphatic heterocycles. The van der Waals surface area contributed by atoms with Crippen LogP contribution >= 0.6 is 0 Å². The molecule has 2 heterocycles. The molecule has 0 amide bonds. The lowest BCUT2D eigenvalue weighted by Crippen LogP contribution is -3.00. The molecule has 0 bridgehead atoms. The number of nitrogens with zero attached hydrogens (tertiary/aromatic N) is 2. The van der Waals surface area contributed by atoms with Crippen LogP contribution in [0.3, 0.4) is 0 Å². The van der Waals surface area contributed by atoms with Gasteiger partial charge >= 0.3 is 0 Å². The van der Waals surface area contributed by atoms with Crippen LogP contribution in [0.2, 0.25) is 0 Å². The average Bonchev–Trinajstić information content (AvgIpc) is 3.12. The topological polar surface area (TPSA) is 40.5 Å². The third kappa shape index (κ3) is 4.76. The lowest BCUT2D eigenvalue weighted by atomic mass is 9.44. The van der Waals surface area contributed by atoms with Gasteiger partial charge in [-0.05, 0) is 99.7 Å². The number of rotatable bonds is 2. The fourth-order valence-corrected chi connectivity index (χ4v) is 11.6. The highest BCUT2D eigenvalue weighted by Gasteiger charge is 2.66. The Bertz CT molecular complexity index is 800. The standard InChI is InChI=1S/C31H56N2O2.2BrH/c1-30-14-13-24-23(25(30)20-26(29(30)35)32(3)15-7-5-8-16-32)12-11-22-19-28(34)27(21-31(22,24)2)33(4)17-9-6-10-18-33;;/h22-29,34-35H,5-21H2,1-4H3;2*1H/q+2;;/p-2/t22-,23+,24-,25-,26-,27-,28-,29-,30-,31-;;/m0../s1. The zero-order valence-corrected chi connectivity index (χ0v) is 27.4. The predicted octanol–water partition coefficient (Wildman–Crippen LogP) is -1.02. The lowest BCUT2D eigenvalue weighted by Gasteiger charge is -2.63. The van der Waals surface area contributed by atoms with Gasteiger partial charge in [-0.2, -0.15) is 0 Å². The average molecular weight is 649 g/mol. The summed E-state index contributed by atoms with van der Waals surface area (Å²) < 4.78 is 2.26. The molecule has 37 heavy (non-hydrogen) atoms. The van der Waals surface area contributed by atoms with E-state index in [9.17, 15) is 10.2 Å². The monoisotopic (exact) mass is 646 g/mol. The molecule has 6 rings (SSSR count). The molecule has 216 valence electrons. The molecule has 0 spiro atoms. The molecule has 6 aliphatic rings. The molecule has 0 aromatic heterocycles. The van der Waals surface area contributed by atoms with Crippen molar-refractivity contribution in [3.05, 3.63) is 0 Å². The first-order valence-electron chi connectivity index (χ1n) is 15.7. The molecule has 10 atom stereocenters. The van der Waals surface area contributed by atoms with E-state index in [0.29, 0.717) is 29.3 Å². The van der Waals surface area contributed by atoms with Gasteiger partial charge in [-0.15, -0.1) is 0 Å². The number of likely N-dealkylation sites (tertiary alicyclic amines) is 2. The van der Waals surface area contributed by atoms with Crippen molar-refractivity contribution in [3.8, 4) is 0 Å². The van der Waals surface area contributed by atoms with Crippen molar-refractivity contribution in [3.63, 3.8) is 0 Å². The second-order valence-electron chi connectivity index (χ2n) is 15.5. The Morgan fingerprint density at radius 1 is 0.649 bits per heavy atom. The molecule has 4 aliphatic carbocycles. The number of piperidine rings is 2.